The first kappa shape index (κ1) is 21.1. The van der Waals surface area contributed by atoms with Crippen molar-refractivity contribution in [2.45, 2.75) is 6.92 Å². The highest BCUT2D eigenvalue weighted by atomic mass is 32.2. The molecule has 1 aliphatic rings. The van der Waals surface area contributed by atoms with E-state index in [0.717, 1.165) is 48.0 Å². The number of piperazine rings is 1. The molecule has 1 fully saturated rings. The molecule has 1 N–H and O–H groups in total. The number of aryl methyl sites for hydroxylation is 1. The molecule has 156 valence electrons. The summed E-state index contributed by atoms with van der Waals surface area (Å²) in [5.74, 6) is -0.385. The number of nitrogens with one attached hydrogen (secondary N) is 1. The van der Waals surface area contributed by atoms with Crippen LogP contribution in [0.1, 0.15) is 5.56 Å². The normalized spacial score (nSPS) is 15.2. The van der Waals surface area contributed by atoms with E-state index in [1.807, 2.05) is 37.3 Å². The van der Waals surface area contributed by atoms with Crippen molar-refractivity contribution >= 4 is 33.0 Å². The fourth-order valence-electron chi connectivity index (χ4n) is 3.33. The Labute approximate surface area is 173 Å². The lowest BCUT2D eigenvalue weighted by Crippen LogP contribution is -2.44. The second-order valence-corrected chi connectivity index (χ2v) is 9.40. The van der Waals surface area contributed by atoms with Crippen LogP contribution < -0.4 is 14.5 Å². The van der Waals surface area contributed by atoms with E-state index in [0.29, 0.717) is 11.4 Å². The Balaban J connectivity index is 1.66. The Morgan fingerprint density at radius 1 is 1.07 bits per heavy atom. The van der Waals surface area contributed by atoms with E-state index < -0.39 is 10.0 Å². The number of amides is 1. The molecular formula is C21H28N4O3S. The number of likely N-dealkylation sites (N-methyl/N-ethyl adjacent to an activating group) is 1. The fraction of sp³-hybridized carbons (Fsp3) is 0.381. The standard InChI is InChI=1S/C21H28N4O3S/c1-17-5-4-6-20(15-17)25(29(3,27)28)16-21(26)22-18-7-9-19(10-8-18)24-13-11-23(2)12-14-24/h4-10,15H,11-14,16H2,1-3H3,(H,22,26). The predicted octanol–water partition coefficient (Wildman–Crippen LogP) is 2.15. The summed E-state index contributed by atoms with van der Waals surface area (Å²) in [5.41, 5.74) is 3.17. The predicted molar refractivity (Wildman–Crippen MR) is 118 cm³/mol. The number of sulfonamides is 1. The third kappa shape index (κ3) is 5.71. The highest BCUT2D eigenvalue weighted by Crippen LogP contribution is 2.21. The molecule has 0 saturated carbocycles. The summed E-state index contributed by atoms with van der Waals surface area (Å²) in [5, 5.41) is 2.79. The molecule has 2 aromatic rings. The van der Waals surface area contributed by atoms with Gasteiger partial charge in [0.25, 0.3) is 0 Å². The van der Waals surface area contributed by atoms with Gasteiger partial charge in [0.15, 0.2) is 0 Å². The zero-order valence-electron chi connectivity index (χ0n) is 17.1. The van der Waals surface area contributed by atoms with Gasteiger partial charge >= 0.3 is 0 Å². The second kappa shape index (κ2) is 8.84. The molecule has 3 rings (SSSR count). The first-order chi connectivity index (χ1) is 13.7. The molecule has 1 aliphatic heterocycles. The largest absolute Gasteiger partial charge is 0.369 e. The van der Waals surface area contributed by atoms with Gasteiger partial charge in [0, 0.05) is 37.6 Å². The molecular weight excluding hydrogens is 388 g/mol. The molecule has 0 aromatic heterocycles. The number of hydrogen-bond donors (Lipinski definition) is 1. The van der Waals surface area contributed by atoms with Crippen molar-refractivity contribution in [1.29, 1.82) is 0 Å². The SMILES string of the molecule is Cc1cccc(N(CC(=O)Nc2ccc(N3CCN(C)CC3)cc2)S(C)(=O)=O)c1. The Morgan fingerprint density at radius 3 is 2.31 bits per heavy atom. The number of rotatable bonds is 6. The molecule has 0 aliphatic carbocycles. The Bertz CT molecular complexity index is 952. The lowest BCUT2D eigenvalue weighted by Gasteiger charge is -2.34. The minimum atomic E-state index is -3.59. The zero-order valence-corrected chi connectivity index (χ0v) is 17.9. The van der Waals surface area contributed by atoms with Crippen LogP contribution in [0.4, 0.5) is 17.1 Å². The van der Waals surface area contributed by atoms with E-state index >= 15 is 0 Å². The first-order valence-corrected chi connectivity index (χ1v) is 11.4. The van der Waals surface area contributed by atoms with Crippen LogP contribution in [0.25, 0.3) is 0 Å². The summed E-state index contributed by atoms with van der Waals surface area (Å²) in [6, 6.07) is 14.8. The Kier molecular flexibility index (Phi) is 6.44. The maximum Gasteiger partial charge on any atom is 0.245 e. The summed E-state index contributed by atoms with van der Waals surface area (Å²) in [6.45, 7) is 5.61. The molecule has 0 radical (unpaired) electrons. The molecule has 0 bridgehead atoms. The maximum absolute atomic E-state index is 12.5. The average molecular weight is 417 g/mol. The van der Waals surface area contributed by atoms with Crippen LogP contribution in [0.5, 0.6) is 0 Å². The number of carbonyl (C=O) groups is 1. The molecule has 29 heavy (non-hydrogen) atoms. The topological polar surface area (TPSA) is 73.0 Å². The minimum absolute atomic E-state index is 0.275. The molecule has 1 heterocycles. The molecule has 1 saturated heterocycles. The van der Waals surface area contributed by atoms with Crippen molar-refractivity contribution in [1.82, 2.24) is 4.90 Å². The van der Waals surface area contributed by atoms with Gasteiger partial charge < -0.3 is 15.1 Å². The van der Waals surface area contributed by atoms with E-state index in [-0.39, 0.29) is 12.5 Å². The van der Waals surface area contributed by atoms with Crippen LogP contribution >= 0.6 is 0 Å². The Hall–Kier alpha value is -2.58. The molecule has 0 unspecified atom stereocenters. The number of hydrogen-bond acceptors (Lipinski definition) is 5. The number of carbonyl (C=O) groups excluding carboxylic acids is 1. The van der Waals surface area contributed by atoms with E-state index in [9.17, 15) is 13.2 Å². The van der Waals surface area contributed by atoms with Gasteiger partial charge in [-0.3, -0.25) is 9.10 Å². The highest BCUT2D eigenvalue weighted by molar-refractivity contribution is 7.92. The molecule has 0 spiro atoms. The van der Waals surface area contributed by atoms with Gasteiger partial charge in [-0.15, -0.1) is 0 Å². The maximum atomic E-state index is 12.5. The Morgan fingerprint density at radius 2 is 1.72 bits per heavy atom. The van der Waals surface area contributed by atoms with Gasteiger partial charge in [-0.2, -0.15) is 0 Å². The van der Waals surface area contributed by atoms with Crippen molar-refractivity contribution in [2.24, 2.45) is 0 Å². The van der Waals surface area contributed by atoms with E-state index in [1.54, 1.807) is 18.2 Å². The summed E-state index contributed by atoms with van der Waals surface area (Å²) in [6.07, 6.45) is 1.10. The van der Waals surface area contributed by atoms with Crippen molar-refractivity contribution in [3.63, 3.8) is 0 Å². The minimum Gasteiger partial charge on any atom is -0.369 e. The number of nitrogens with zero attached hydrogens (tertiary/aromatic N) is 3. The summed E-state index contributed by atoms with van der Waals surface area (Å²) < 4.78 is 25.5. The lowest BCUT2D eigenvalue weighted by molar-refractivity contribution is -0.114. The third-order valence-corrected chi connectivity index (χ3v) is 6.14. The lowest BCUT2D eigenvalue weighted by atomic mass is 10.2. The van der Waals surface area contributed by atoms with Crippen molar-refractivity contribution in [3.05, 3.63) is 54.1 Å². The van der Waals surface area contributed by atoms with Gasteiger partial charge in [0.1, 0.15) is 6.54 Å². The first-order valence-electron chi connectivity index (χ1n) is 9.60. The van der Waals surface area contributed by atoms with Crippen LogP contribution in [0, 0.1) is 6.92 Å². The monoisotopic (exact) mass is 416 g/mol. The van der Waals surface area contributed by atoms with E-state index in [1.165, 1.54) is 0 Å². The molecule has 8 heteroatoms. The highest BCUT2D eigenvalue weighted by Gasteiger charge is 2.21. The zero-order chi connectivity index (χ0) is 21.0. The van der Waals surface area contributed by atoms with E-state index in [4.69, 9.17) is 0 Å². The molecule has 2 aromatic carbocycles. The summed E-state index contributed by atoms with van der Waals surface area (Å²) in [7, 11) is -1.47. The molecule has 0 atom stereocenters. The quantitative estimate of drug-likeness (QED) is 0.781. The van der Waals surface area contributed by atoms with Gasteiger partial charge in [-0.25, -0.2) is 8.42 Å². The fourth-order valence-corrected chi connectivity index (χ4v) is 4.18. The van der Waals surface area contributed by atoms with Crippen molar-refractivity contribution in [3.8, 4) is 0 Å². The molecule has 1 amide bonds. The van der Waals surface area contributed by atoms with Crippen LogP contribution in [-0.2, 0) is 14.8 Å². The van der Waals surface area contributed by atoms with Gasteiger partial charge in [0.05, 0.1) is 11.9 Å². The van der Waals surface area contributed by atoms with E-state index in [2.05, 4.69) is 22.2 Å². The second-order valence-electron chi connectivity index (χ2n) is 7.49. The smallest absolute Gasteiger partial charge is 0.245 e. The number of benzene rings is 2. The van der Waals surface area contributed by atoms with Crippen LogP contribution in [-0.4, -0.2) is 65.3 Å². The van der Waals surface area contributed by atoms with Crippen molar-refractivity contribution in [2.75, 3.05) is 60.5 Å². The van der Waals surface area contributed by atoms with Gasteiger partial charge in [0.2, 0.25) is 15.9 Å². The number of anilines is 3. The van der Waals surface area contributed by atoms with Crippen LogP contribution in [0.3, 0.4) is 0 Å². The molecule has 7 nitrogen and oxygen atoms in total. The van der Waals surface area contributed by atoms with Crippen LogP contribution in [0.2, 0.25) is 0 Å². The van der Waals surface area contributed by atoms with Gasteiger partial charge in [-0.05, 0) is 55.9 Å². The average Bonchev–Trinajstić information content (AvgIpc) is 2.66. The summed E-state index contributed by atoms with van der Waals surface area (Å²) >= 11 is 0. The van der Waals surface area contributed by atoms with Gasteiger partial charge in [-0.1, -0.05) is 12.1 Å². The van der Waals surface area contributed by atoms with Crippen LogP contribution in [0.15, 0.2) is 48.5 Å². The summed E-state index contributed by atoms with van der Waals surface area (Å²) in [4.78, 5) is 17.1. The van der Waals surface area contributed by atoms with Crippen molar-refractivity contribution < 1.29 is 13.2 Å². The third-order valence-electron chi connectivity index (χ3n) is 5.00.